The summed E-state index contributed by atoms with van der Waals surface area (Å²) in [4.78, 5) is 59.0. The number of anilines is 1. The number of hydrogen-bond donors (Lipinski definition) is 1. The molecule has 3 aliphatic rings. The number of aromatic carboxylic acids is 1. The summed E-state index contributed by atoms with van der Waals surface area (Å²) in [6.07, 6.45) is 0. The van der Waals surface area contributed by atoms with Gasteiger partial charge in [-0.3, -0.25) is 14.4 Å². The standard InChI is InChI=1S/C40H26ClNO5/c41-30-22-21-28(23-29(30)37(45)46)42-35(43)33-34(36(42)44)40(27-19-11-4-12-20-27)32(25-15-7-2-8-16-25)31(24-13-5-1-6-14-24)39(33,38(40)47)26-17-9-3-10-18-26/h1-23,33-34H,(H,45,46)/t33-,34+,39-,40-/m0/s1. The number of carboxylic acids is 1. The van der Waals surface area contributed by atoms with Gasteiger partial charge in [-0.2, -0.15) is 0 Å². The first-order valence-electron chi connectivity index (χ1n) is 15.3. The number of Topliss-reactive ketones (excluding diaryl/α,β-unsaturated/α-hetero) is 1. The van der Waals surface area contributed by atoms with Crippen LogP contribution in [0.5, 0.6) is 0 Å². The van der Waals surface area contributed by atoms with Crippen molar-refractivity contribution in [1.82, 2.24) is 0 Å². The van der Waals surface area contributed by atoms with Crippen molar-refractivity contribution in [1.29, 1.82) is 0 Å². The number of hydrogen-bond acceptors (Lipinski definition) is 4. The molecule has 1 aliphatic heterocycles. The maximum absolute atomic E-state index is 15.9. The molecule has 47 heavy (non-hydrogen) atoms. The molecular weight excluding hydrogens is 610 g/mol. The molecule has 0 unspecified atom stereocenters. The number of rotatable bonds is 6. The Morgan fingerprint density at radius 2 is 1.00 bits per heavy atom. The van der Waals surface area contributed by atoms with Gasteiger partial charge in [-0.25, -0.2) is 9.69 Å². The molecule has 0 aromatic heterocycles. The summed E-state index contributed by atoms with van der Waals surface area (Å²) in [6, 6.07) is 41.8. The van der Waals surface area contributed by atoms with E-state index in [-0.39, 0.29) is 22.1 Å². The third-order valence-electron chi connectivity index (χ3n) is 10.0. The number of benzene rings is 5. The molecule has 0 radical (unpaired) electrons. The molecule has 1 saturated heterocycles. The molecule has 5 aromatic carbocycles. The van der Waals surface area contributed by atoms with E-state index in [1.54, 1.807) is 0 Å². The molecular formula is C40H26ClNO5. The number of imide groups is 1. The van der Waals surface area contributed by atoms with E-state index in [1.807, 2.05) is 121 Å². The van der Waals surface area contributed by atoms with Gasteiger partial charge < -0.3 is 5.11 Å². The van der Waals surface area contributed by atoms with Crippen molar-refractivity contribution in [3.63, 3.8) is 0 Å². The lowest BCUT2D eigenvalue weighted by atomic mass is 9.59. The first-order chi connectivity index (χ1) is 22.8. The molecule has 8 rings (SSSR count). The molecule has 6 nitrogen and oxygen atoms in total. The lowest BCUT2D eigenvalue weighted by Crippen LogP contribution is -2.45. The zero-order valence-corrected chi connectivity index (χ0v) is 25.6. The van der Waals surface area contributed by atoms with Crippen LogP contribution >= 0.6 is 11.6 Å². The lowest BCUT2D eigenvalue weighted by molar-refractivity contribution is -0.130. The van der Waals surface area contributed by atoms with Crippen LogP contribution in [0, 0.1) is 11.8 Å². The van der Waals surface area contributed by atoms with Gasteiger partial charge in [0.2, 0.25) is 11.8 Å². The summed E-state index contributed by atoms with van der Waals surface area (Å²) in [7, 11) is 0. The quantitative estimate of drug-likeness (QED) is 0.199. The fourth-order valence-corrected chi connectivity index (χ4v) is 8.60. The number of ketones is 1. The van der Waals surface area contributed by atoms with E-state index in [4.69, 9.17) is 11.6 Å². The molecule has 2 amide bonds. The van der Waals surface area contributed by atoms with E-state index in [1.165, 1.54) is 18.2 Å². The van der Waals surface area contributed by atoms with Crippen molar-refractivity contribution in [2.75, 3.05) is 4.90 Å². The molecule has 7 heteroatoms. The highest BCUT2D eigenvalue weighted by atomic mass is 35.5. The second-order valence-electron chi connectivity index (χ2n) is 12.1. The van der Waals surface area contributed by atoms with E-state index in [9.17, 15) is 9.90 Å². The average Bonchev–Trinajstić information content (AvgIpc) is 3.62. The number of amides is 2. The number of allylic oxidation sites excluding steroid dienone is 2. The minimum absolute atomic E-state index is 0.0170. The van der Waals surface area contributed by atoms with Crippen LogP contribution in [-0.4, -0.2) is 28.7 Å². The van der Waals surface area contributed by atoms with Gasteiger partial charge in [0.05, 0.1) is 38.9 Å². The highest BCUT2D eigenvalue weighted by molar-refractivity contribution is 6.39. The van der Waals surface area contributed by atoms with Crippen LogP contribution in [0.15, 0.2) is 140 Å². The Kier molecular flexibility index (Phi) is 6.43. The maximum atomic E-state index is 15.9. The Morgan fingerprint density at radius 3 is 1.40 bits per heavy atom. The average molecular weight is 636 g/mol. The second-order valence-corrected chi connectivity index (χ2v) is 12.5. The van der Waals surface area contributed by atoms with Crippen molar-refractivity contribution in [3.8, 4) is 0 Å². The van der Waals surface area contributed by atoms with Crippen LogP contribution in [0.25, 0.3) is 11.1 Å². The number of nitrogens with zero attached hydrogens (tertiary/aromatic N) is 1. The fraction of sp³-hybridized carbons (Fsp3) is 0.100. The van der Waals surface area contributed by atoms with Gasteiger partial charge in [-0.15, -0.1) is 0 Å². The molecule has 2 fully saturated rings. The van der Waals surface area contributed by atoms with E-state index in [0.717, 1.165) is 16.0 Å². The Morgan fingerprint density at radius 1 is 0.596 bits per heavy atom. The van der Waals surface area contributed by atoms with Crippen molar-refractivity contribution >= 4 is 52.0 Å². The number of fused-ring (bicyclic) bond motifs is 5. The predicted molar refractivity (Wildman–Crippen MR) is 179 cm³/mol. The van der Waals surface area contributed by atoms with Crippen molar-refractivity contribution < 1.29 is 24.3 Å². The van der Waals surface area contributed by atoms with Crippen molar-refractivity contribution in [3.05, 3.63) is 172 Å². The first kappa shape index (κ1) is 28.9. The summed E-state index contributed by atoms with van der Waals surface area (Å²) in [5.41, 5.74) is 0.945. The summed E-state index contributed by atoms with van der Waals surface area (Å²) >= 11 is 6.20. The highest BCUT2D eigenvalue weighted by Crippen LogP contribution is 2.74. The SMILES string of the molecule is O=C(O)c1cc(N2C(=O)[C@@H]3[C@H](C2=O)[C@@]2(c4ccccc4)C(=O)[C@@]3(c3ccccc3)C(c3ccccc3)=C2c2ccccc2)ccc1Cl. The molecule has 2 bridgehead atoms. The van der Waals surface area contributed by atoms with Gasteiger partial charge in [0.15, 0.2) is 5.78 Å². The van der Waals surface area contributed by atoms with E-state index in [2.05, 4.69) is 0 Å². The molecule has 5 aromatic rings. The first-order valence-corrected chi connectivity index (χ1v) is 15.6. The molecule has 1 heterocycles. The van der Waals surface area contributed by atoms with Gasteiger partial charge in [0.25, 0.3) is 0 Å². The normalized spacial score (nSPS) is 24.6. The van der Waals surface area contributed by atoms with Crippen LogP contribution in [0.3, 0.4) is 0 Å². The molecule has 1 N–H and O–H groups in total. The van der Waals surface area contributed by atoms with E-state index < -0.39 is 40.4 Å². The van der Waals surface area contributed by atoms with Crippen molar-refractivity contribution in [2.45, 2.75) is 10.8 Å². The summed E-state index contributed by atoms with van der Waals surface area (Å²) in [5, 5.41) is 9.81. The maximum Gasteiger partial charge on any atom is 0.337 e. The molecule has 1 saturated carbocycles. The largest absolute Gasteiger partial charge is 0.478 e. The molecule has 4 atom stereocenters. The van der Waals surface area contributed by atoms with Crippen LogP contribution < -0.4 is 4.90 Å². The second kappa shape index (κ2) is 10.5. The van der Waals surface area contributed by atoms with Gasteiger partial charge in [-0.05, 0) is 51.6 Å². The number of carboxylic acid groups (broad SMARTS) is 1. The third kappa shape index (κ3) is 3.67. The Labute approximate surface area is 275 Å². The van der Waals surface area contributed by atoms with Gasteiger partial charge in [0, 0.05) is 0 Å². The van der Waals surface area contributed by atoms with Crippen LogP contribution in [0.1, 0.15) is 32.6 Å². The van der Waals surface area contributed by atoms with Gasteiger partial charge >= 0.3 is 5.97 Å². The Bertz CT molecular complexity index is 2030. The van der Waals surface area contributed by atoms with Crippen molar-refractivity contribution in [2.24, 2.45) is 11.8 Å². The number of carbonyl (C=O) groups excluding carboxylic acids is 3. The summed E-state index contributed by atoms with van der Waals surface area (Å²) in [5.74, 6) is -4.86. The van der Waals surface area contributed by atoms with Crippen LogP contribution in [0.4, 0.5) is 5.69 Å². The molecule has 0 spiro atoms. The smallest absolute Gasteiger partial charge is 0.337 e. The minimum atomic E-state index is -1.54. The zero-order chi connectivity index (χ0) is 32.5. The van der Waals surface area contributed by atoms with Crippen LogP contribution in [-0.2, 0) is 25.2 Å². The van der Waals surface area contributed by atoms with Gasteiger partial charge in [-0.1, -0.05) is 133 Å². The van der Waals surface area contributed by atoms with Gasteiger partial charge in [0.1, 0.15) is 0 Å². The van der Waals surface area contributed by atoms with Crippen LogP contribution in [0.2, 0.25) is 5.02 Å². The lowest BCUT2D eigenvalue weighted by Gasteiger charge is -2.39. The molecule has 2 aliphatic carbocycles. The number of carbonyl (C=O) groups is 4. The topological polar surface area (TPSA) is 91.8 Å². The Hall–Kier alpha value is -5.59. The monoisotopic (exact) mass is 635 g/mol. The summed E-state index contributed by atoms with van der Waals surface area (Å²) < 4.78 is 0. The predicted octanol–water partition coefficient (Wildman–Crippen LogP) is 7.23. The fourth-order valence-electron chi connectivity index (χ4n) is 8.40. The third-order valence-corrected chi connectivity index (χ3v) is 10.3. The zero-order valence-electron chi connectivity index (χ0n) is 24.8. The molecule has 228 valence electrons. The Balaban J connectivity index is 1.53. The summed E-state index contributed by atoms with van der Waals surface area (Å²) in [6.45, 7) is 0. The minimum Gasteiger partial charge on any atom is -0.478 e. The van der Waals surface area contributed by atoms with E-state index >= 15 is 14.4 Å². The van der Waals surface area contributed by atoms with E-state index in [0.29, 0.717) is 22.3 Å². The number of halogens is 1. The highest BCUT2D eigenvalue weighted by Gasteiger charge is 2.82.